The molecule has 0 unspecified atom stereocenters. The Hall–Kier alpha value is -2.82. The van der Waals surface area contributed by atoms with Gasteiger partial charge in [0.2, 0.25) is 0 Å². The molecule has 0 saturated heterocycles. The third-order valence-corrected chi connectivity index (χ3v) is 3.30. The molecule has 0 spiro atoms. The Bertz CT molecular complexity index is 774. The van der Waals surface area contributed by atoms with Crippen molar-refractivity contribution in [2.75, 3.05) is 24.3 Å². The van der Waals surface area contributed by atoms with E-state index in [9.17, 15) is 4.79 Å². The number of hydrogen-bond acceptors (Lipinski definition) is 3. The molecule has 0 radical (unpaired) electrons. The van der Waals surface area contributed by atoms with E-state index < -0.39 is 0 Å². The van der Waals surface area contributed by atoms with Gasteiger partial charge in [0.15, 0.2) is 0 Å². The number of aromatic nitrogens is 2. The molecule has 0 aliphatic carbocycles. The second kappa shape index (κ2) is 5.28. The Morgan fingerprint density at radius 3 is 2.62 bits per heavy atom. The van der Waals surface area contributed by atoms with E-state index in [1.54, 1.807) is 22.9 Å². The lowest BCUT2D eigenvalue weighted by Crippen LogP contribution is -2.15. The van der Waals surface area contributed by atoms with Crippen LogP contribution >= 0.6 is 0 Å². The quantitative estimate of drug-likeness (QED) is 0.802. The highest BCUT2D eigenvalue weighted by Gasteiger charge is 2.10. The summed E-state index contributed by atoms with van der Waals surface area (Å²) in [6.07, 6.45) is 3.46. The van der Waals surface area contributed by atoms with Gasteiger partial charge in [-0.3, -0.25) is 9.20 Å². The Balaban J connectivity index is 1.84. The number of carbonyl (C=O) groups excluding carboxylic acids is 1. The number of hydrogen-bond donors (Lipinski definition) is 1. The molecule has 2 heterocycles. The fraction of sp³-hybridized carbons (Fsp3) is 0.125. The van der Waals surface area contributed by atoms with E-state index in [2.05, 4.69) is 10.3 Å². The first-order valence-corrected chi connectivity index (χ1v) is 6.66. The lowest BCUT2D eigenvalue weighted by atomic mass is 10.2. The molecule has 0 aliphatic heterocycles. The van der Waals surface area contributed by atoms with Gasteiger partial charge in [0.25, 0.3) is 5.91 Å². The number of pyridine rings is 1. The van der Waals surface area contributed by atoms with E-state index in [4.69, 9.17) is 0 Å². The molecule has 0 aliphatic rings. The Kier molecular flexibility index (Phi) is 3.31. The topological polar surface area (TPSA) is 49.6 Å². The average molecular weight is 280 g/mol. The summed E-state index contributed by atoms with van der Waals surface area (Å²) in [6, 6.07) is 13.2. The van der Waals surface area contributed by atoms with Crippen LogP contribution in [0.2, 0.25) is 0 Å². The van der Waals surface area contributed by atoms with Gasteiger partial charge in [-0.1, -0.05) is 6.07 Å². The van der Waals surface area contributed by atoms with Gasteiger partial charge in [-0.15, -0.1) is 0 Å². The molecule has 0 saturated carbocycles. The maximum atomic E-state index is 12.4. The molecule has 3 aromatic rings. The van der Waals surface area contributed by atoms with E-state index in [1.807, 2.05) is 55.4 Å². The van der Waals surface area contributed by atoms with E-state index in [0.29, 0.717) is 5.69 Å². The van der Waals surface area contributed by atoms with Crippen LogP contribution in [0.25, 0.3) is 5.65 Å². The number of rotatable bonds is 3. The lowest BCUT2D eigenvalue weighted by Gasteiger charge is -2.13. The number of nitrogens with one attached hydrogen (secondary N) is 1. The largest absolute Gasteiger partial charge is 0.378 e. The molecular weight excluding hydrogens is 264 g/mol. The van der Waals surface area contributed by atoms with Crippen molar-refractivity contribution in [1.29, 1.82) is 0 Å². The minimum atomic E-state index is -0.156. The van der Waals surface area contributed by atoms with Crippen LogP contribution in [-0.2, 0) is 0 Å². The summed E-state index contributed by atoms with van der Waals surface area (Å²) in [5, 5.41) is 2.90. The molecule has 5 nitrogen and oxygen atoms in total. The molecular formula is C16H16N4O. The normalized spacial score (nSPS) is 10.6. The molecule has 3 rings (SSSR count). The fourth-order valence-electron chi connectivity index (χ4n) is 2.17. The monoisotopic (exact) mass is 280 g/mol. The third-order valence-electron chi connectivity index (χ3n) is 3.30. The predicted molar refractivity (Wildman–Crippen MR) is 83.9 cm³/mol. The summed E-state index contributed by atoms with van der Waals surface area (Å²) in [5.41, 5.74) is 3.17. The number of benzene rings is 1. The average Bonchev–Trinajstić information content (AvgIpc) is 2.96. The van der Waals surface area contributed by atoms with Crippen LogP contribution in [0.3, 0.4) is 0 Å². The maximum Gasteiger partial charge on any atom is 0.272 e. The molecule has 1 aromatic carbocycles. The first-order chi connectivity index (χ1) is 10.1. The number of imidazole rings is 1. The van der Waals surface area contributed by atoms with E-state index >= 15 is 0 Å². The molecule has 2 aromatic heterocycles. The Labute approximate surface area is 122 Å². The van der Waals surface area contributed by atoms with Crippen LogP contribution in [0.4, 0.5) is 11.4 Å². The van der Waals surface area contributed by atoms with Crippen molar-refractivity contribution < 1.29 is 4.79 Å². The van der Waals surface area contributed by atoms with Gasteiger partial charge in [0, 0.05) is 37.9 Å². The summed E-state index contributed by atoms with van der Waals surface area (Å²) < 4.78 is 1.77. The molecule has 0 fully saturated rings. The highest BCUT2D eigenvalue weighted by atomic mass is 16.1. The van der Waals surface area contributed by atoms with Gasteiger partial charge in [-0.25, -0.2) is 4.98 Å². The molecule has 1 amide bonds. The summed E-state index contributed by atoms with van der Waals surface area (Å²) in [4.78, 5) is 18.6. The van der Waals surface area contributed by atoms with Crippen molar-refractivity contribution >= 4 is 22.9 Å². The summed E-state index contributed by atoms with van der Waals surface area (Å²) in [6.45, 7) is 0. The molecule has 0 bridgehead atoms. The Morgan fingerprint density at radius 2 is 1.90 bits per heavy atom. The van der Waals surface area contributed by atoms with Crippen LogP contribution in [0, 0.1) is 0 Å². The number of amides is 1. The molecule has 1 N–H and O–H groups in total. The first kappa shape index (κ1) is 13.2. The second-order valence-corrected chi connectivity index (χ2v) is 4.96. The van der Waals surface area contributed by atoms with Crippen molar-refractivity contribution in [3.8, 4) is 0 Å². The van der Waals surface area contributed by atoms with Gasteiger partial charge in [0.1, 0.15) is 11.3 Å². The molecule has 0 atom stereocenters. The lowest BCUT2D eigenvalue weighted by molar-refractivity contribution is 0.102. The first-order valence-electron chi connectivity index (χ1n) is 6.66. The van der Waals surface area contributed by atoms with E-state index in [1.165, 1.54) is 0 Å². The SMILES string of the molecule is CN(C)c1ccc(NC(=O)c2cccc3nccn23)cc1. The van der Waals surface area contributed by atoms with Crippen LogP contribution < -0.4 is 10.2 Å². The van der Waals surface area contributed by atoms with Crippen LogP contribution in [-0.4, -0.2) is 29.4 Å². The zero-order valence-corrected chi connectivity index (χ0v) is 11.9. The highest BCUT2D eigenvalue weighted by molar-refractivity contribution is 6.03. The van der Waals surface area contributed by atoms with Crippen molar-refractivity contribution in [1.82, 2.24) is 9.38 Å². The van der Waals surface area contributed by atoms with Crippen LogP contribution in [0.15, 0.2) is 54.9 Å². The number of fused-ring (bicyclic) bond motifs is 1. The van der Waals surface area contributed by atoms with Crippen molar-refractivity contribution in [3.05, 3.63) is 60.6 Å². The molecule has 106 valence electrons. The van der Waals surface area contributed by atoms with Gasteiger partial charge < -0.3 is 10.2 Å². The Morgan fingerprint density at radius 1 is 1.14 bits per heavy atom. The zero-order chi connectivity index (χ0) is 14.8. The van der Waals surface area contributed by atoms with Gasteiger partial charge in [0.05, 0.1) is 0 Å². The third kappa shape index (κ3) is 2.58. The zero-order valence-electron chi connectivity index (χ0n) is 11.9. The second-order valence-electron chi connectivity index (χ2n) is 4.96. The van der Waals surface area contributed by atoms with Gasteiger partial charge in [-0.2, -0.15) is 0 Å². The van der Waals surface area contributed by atoms with Crippen molar-refractivity contribution in [2.24, 2.45) is 0 Å². The van der Waals surface area contributed by atoms with Crippen LogP contribution in [0.5, 0.6) is 0 Å². The minimum absolute atomic E-state index is 0.156. The van der Waals surface area contributed by atoms with Gasteiger partial charge >= 0.3 is 0 Å². The van der Waals surface area contributed by atoms with Crippen molar-refractivity contribution in [3.63, 3.8) is 0 Å². The summed E-state index contributed by atoms with van der Waals surface area (Å²) in [7, 11) is 3.96. The molecule has 21 heavy (non-hydrogen) atoms. The number of carbonyl (C=O) groups is 1. The van der Waals surface area contributed by atoms with Crippen molar-refractivity contribution in [2.45, 2.75) is 0 Å². The summed E-state index contributed by atoms with van der Waals surface area (Å²) in [5.74, 6) is -0.156. The smallest absolute Gasteiger partial charge is 0.272 e. The van der Waals surface area contributed by atoms with E-state index in [0.717, 1.165) is 17.0 Å². The maximum absolute atomic E-state index is 12.4. The van der Waals surface area contributed by atoms with E-state index in [-0.39, 0.29) is 5.91 Å². The highest BCUT2D eigenvalue weighted by Crippen LogP contribution is 2.16. The molecule has 5 heteroatoms. The standard InChI is InChI=1S/C16H16N4O/c1-19(2)13-8-6-12(7-9-13)18-16(21)14-4-3-5-15-17-10-11-20(14)15/h3-11H,1-2H3,(H,18,21). The minimum Gasteiger partial charge on any atom is -0.378 e. The van der Waals surface area contributed by atoms with Crippen LogP contribution in [0.1, 0.15) is 10.5 Å². The fourth-order valence-corrected chi connectivity index (χ4v) is 2.17. The number of anilines is 2. The predicted octanol–water partition coefficient (Wildman–Crippen LogP) is 2.65. The van der Waals surface area contributed by atoms with Gasteiger partial charge in [-0.05, 0) is 36.4 Å². The number of nitrogens with zero attached hydrogens (tertiary/aromatic N) is 3. The summed E-state index contributed by atoms with van der Waals surface area (Å²) >= 11 is 0.